The zero-order chi connectivity index (χ0) is 16.8. The van der Waals surface area contributed by atoms with Crippen molar-refractivity contribution in [1.82, 2.24) is 4.90 Å². The van der Waals surface area contributed by atoms with Crippen LogP contribution >= 0.6 is 0 Å². The molecule has 0 unspecified atom stereocenters. The average Bonchev–Trinajstić information content (AvgIpc) is 3.10. The second-order valence-corrected chi connectivity index (χ2v) is 6.88. The Bertz CT molecular complexity index is 638. The van der Waals surface area contributed by atoms with Gasteiger partial charge in [-0.05, 0) is 17.5 Å². The van der Waals surface area contributed by atoms with E-state index in [4.69, 9.17) is 0 Å². The Morgan fingerprint density at radius 1 is 1.13 bits per heavy atom. The molecular weight excluding hydrogens is 299 g/mol. The molecule has 1 aliphatic heterocycles. The van der Waals surface area contributed by atoms with Crippen LogP contribution in [0.4, 0.5) is 10.1 Å². The summed E-state index contributed by atoms with van der Waals surface area (Å²) in [6, 6.07) is 6.61. The van der Waals surface area contributed by atoms with E-state index in [1.165, 1.54) is 6.07 Å². The van der Waals surface area contributed by atoms with Crippen molar-refractivity contribution in [3.05, 3.63) is 30.1 Å². The highest BCUT2D eigenvalue weighted by Crippen LogP contribution is 2.59. The topological polar surface area (TPSA) is 60.9 Å². The Morgan fingerprint density at radius 2 is 1.74 bits per heavy atom. The van der Waals surface area contributed by atoms with Crippen molar-refractivity contribution >= 4 is 17.6 Å². The summed E-state index contributed by atoms with van der Waals surface area (Å²) in [7, 11) is 0. The van der Waals surface area contributed by atoms with Gasteiger partial charge in [-0.1, -0.05) is 26.0 Å². The molecule has 1 aromatic rings. The van der Waals surface area contributed by atoms with Crippen LogP contribution in [-0.2, 0) is 9.59 Å². The first-order valence-electron chi connectivity index (χ1n) is 7.85. The molecule has 5 nitrogen and oxygen atoms in total. The van der Waals surface area contributed by atoms with E-state index in [0.717, 1.165) is 0 Å². The van der Waals surface area contributed by atoms with Crippen LogP contribution in [0.3, 0.4) is 0 Å². The predicted molar refractivity (Wildman–Crippen MR) is 83.6 cm³/mol. The molecule has 2 fully saturated rings. The number of piperazine rings is 1. The van der Waals surface area contributed by atoms with Gasteiger partial charge in [-0.3, -0.25) is 9.59 Å². The number of para-hydroxylation sites is 1. The third-order valence-electron chi connectivity index (χ3n) is 5.14. The zero-order valence-corrected chi connectivity index (χ0v) is 13.3. The zero-order valence-electron chi connectivity index (χ0n) is 13.3. The molecule has 23 heavy (non-hydrogen) atoms. The molecule has 3 rings (SSSR count). The number of anilines is 1. The van der Waals surface area contributed by atoms with Crippen LogP contribution in [-0.4, -0.2) is 48.1 Å². The van der Waals surface area contributed by atoms with Crippen molar-refractivity contribution in [3.8, 4) is 0 Å². The maximum Gasteiger partial charge on any atom is 0.307 e. The standard InChI is InChI=1S/C17H21FN2O3/c1-17(2)13(14(17)16(22)23)15(21)20-9-7-19(8-10-20)12-6-4-3-5-11(12)18/h3-6,13-14H,7-10H2,1-2H3,(H,22,23)/t13-,14+/m1/s1. The van der Waals surface area contributed by atoms with E-state index < -0.39 is 23.2 Å². The fourth-order valence-corrected chi connectivity index (χ4v) is 3.63. The Balaban J connectivity index is 1.63. The van der Waals surface area contributed by atoms with E-state index in [1.54, 1.807) is 23.1 Å². The molecule has 0 aromatic heterocycles. The minimum atomic E-state index is -0.904. The highest BCUT2D eigenvalue weighted by molar-refractivity contribution is 5.91. The lowest BCUT2D eigenvalue weighted by atomic mass is 10.1. The lowest BCUT2D eigenvalue weighted by Crippen LogP contribution is -2.50. The molecule has 1 amide bonds. The molecule has 1 heterocycles. The summed E-state index contributed by atoms with van der Waals surface area (Å²) in [5, 5.41) is 9.21. The van der Waals surface area contributed by atoms with E-state index >= 15 is 0 Å². The van der Waals surface area contributed by atoms with E-state index in [9.17, 15) is 19.1 Å². The van der Waals surface area contributed by atoms with Crippen LogP contribution < -0.4 is 4.90 Å². The van der Waals surface area contributed by atoms with Gasteiger partial charge in [-0.2, -0.15) is 0 Å². The molecule has 1 aromatic carbocycles. The van der Waals surface area contributed by atoms with Gasteiger partial charge in [0.15, 0.2) is 0 Å². The van der Waals surface area contributed by atoms with Gasteiger partial charge in [0, 0.05) is 26.2 Å². The molecule has 2 aliphatic rings. The summed E-state index contributed by atoms with van der Waals surface area (Å²) in [5.41, 5.74) is 0.0701. The molecule has 0 spiro atoms. The van der Waals surface area contributed by atoms with Crippen molar-refractivity contribution in [2.24, 2.45) is 17.3 Å². The molecule has 1 N–H and O–H groups in total. The number of rotatable bonds is 3. The van der Waals surface area contributed by atoms with Gasteiger partial charge in [-0.25, -0.2) is 4.39 Å². The number of carbonyl (C=O) groups excluding carboxylic acids is 1. The molecule has 1 aliphatic carbocycles. The number of halogens is 1. The largest absolute Gasteiger partial charge is 0.481 e. The smallest absolute Gasteiger partial charge is 0.307 e. The third kappa shape index (κ3) is 2.66. The summed E-state index contributed by atoms with van der Waals surface area (Å²) in [5.74, 6) is -2.30. The third-order valence-corrected chi connectivity index (χ3v) is 5.14. The van der Waals surface area contributed by atoms with Gasteiger partial charge in [0.25, 0.3) is 0 Å². The molecule has 1 saturated heterocycles. The second kappa shape index (κ2) is 5.51. The van der Waals surface area contributed by atoms with Crippen LogP contribution in [0.1, 0.15) is 13.8 Å². The molecular formula is C17H21FN2O3. The number of carboxylic acids is 1. The number of carbonyl (C=O) groups is 2. The van der Waals surface area contributed by atoms with Crippen LogP contribution in [0.2, 0.25) is 0 Å². The fraction of sp³-hybridized carbons (Fsp3) is 0.529. The molecule has 2 atom stereocenters. The van der Waals surface area contributed by atoms with E-state index in [-0.39, 0.29) is 11.7 Å². The monoisotopic (exact) mass is 320 g/mol. The van der Waals surface area contributed by atoms with Crippen molar-refractivity contribution in [3.63, 3.8) is 0 Å². The quantitative estimate of drug-likeness (QED) is 0.923. The van der Waals surface area contributed by atoms with Gasteiger partial charge in [-0.15, -0.1) is 0 Å². The summed E-state index contributed by atoms with van der Waals surface area (Å²) in [6.45, 7) is 5.74. The molecule has 1 saturated carbocycles. The highest BCUT2D eigenvalue weighted by atomic mass is 19.1. The predicted octanol–water partition coefficient (Wildman–Crippen LogP) is 1.83. The first kappa shape index (κ1) is 15.8. The first-order valence-corrected chi connectivity index (χ1v) is 7.85. The minimum absolute atomic E-state index is 0.0874. The number of aliphatic carboxylic acids is 1. The van der Waals surface area contributed by atoms with Crippen LogP contribution in [0, 0.1) is 23.1 Å². The fourth-order valence-electron chi connectivity index (χ4n) is 3.63. The second-order valence-electron chi connectivity index (χ2n) is 6.88. The minimum Gasteiger partial charge on any atom is -0.481 e. The Kier molecular flexibility index (Phi) is 3.78. The lowest BCUT2D eigenvalue weighted by molar-refractivity contribution is -0.142. The number of hydrogen-bond donors (Lipinski definition) is 1. The number of benzene rings is 1. The SMILES string of the molecule is CC1(C)[C@H](C(=O)O)[C@@H]1C(=O)N1CCN(c2ccccc2F)CC1. The number of hydrogen-bond acceptors (Lipinski definition) is 3. The summed E-state index contributed by atoms with van der Waals surface area (Å²) < 4.78 is 13.8. The first-order chi connectivity index (χ1) is 10.8. The summed E-state index contributed by atoms with van der Waals surface area (Å²) in [4.78, 5) is 27.4. The van der Waals surface area contributed by atoms with Gasteiger partial charge in [0.1, 0.15) is 5.82 Å². The lowest BCUT2D eigenvalue weighted by Gasteiger charge is -2.36. The van der Waals surface area contributed by atoms with Crippen molar-refractivity contribution < 1.29 is 19.1 Å². The molecule has 6 heteroatoms. The molecule has 0 bridgehead atoms. The van der Waals surface area contributed by atoms with Gasteiger partial charge >= 0.3 is 5.97 Å². The Morgan fingerprint density at radius 3 is 2.26 bits per heavy atom. The van der Waals surface area contributed by atoms with Crippen LogP contribution in [0.15, 0.2) is 24.3 Å². The highest BCUT2D eigenvalue weighted by Gasteiger charge is 2.66. The Labute approximate surface area is 134 Å². The van der Waals surface area contributed by atoms with E-state index in [1.807, 2.05) is 18.7 Å². The van der Waals surface area contributed by atoms with Gasteiger partial charge in [0.05, 0.1) is 17.5 Å². The number of carboxylic acid groups (broad SMARTS) is 1. The molecule has 0 radical (unpaired) electrons. The van der Waals surface area contributed by atoms with Crippen molar-refractivity contribution in [1.29, 1.82) is 0 Å². The van der Waals surface area contributed by atoms with Gasteiger partial charge < -0.3 is 14.9 Å². The van der Waals surface area contributed by atoms with E-state index in [2.05, 4.69) is 0 Å². The average molecular weight is 320 g/mol. The summed E-state index contributed by atoms with van der Waals surface area (Å²) >= 11 is 0. The van der Waals surface area contributed by atoms with Crippen molar-refractivity contribution in [2.75, 3.05) is 31.1 Å². The maximum atomic E-state index is 13.8. The normalized spacial score (nSPS) is 26.0. The maximum absolute atomic E-state index is 13.8. The van der Waals surface area contributed by atoms with Crippen LogP contribution in [0.5, 0.6) is 0 Å². The number of amides is 1. The van der Waals surface area contributed by atoms with Crippen molar-refractivity contribution in [2.45, 2.75) is 13.8 Å². The van der Waals surface area contributed by atoms with Crippen LogP contribution in [0.25, 0.3) is 0 Å². The summed E-state index contributed by atoms with van der Waals surface area (Å²) in [6.07, 6.45) is 0. The van der Waals surface area contributed by atoms with Gasteiger partial charge in [0.2, 0.25) is 5.91 Å². The molecule has 124 valence electrons. The number of nitrogens with zero attached hydrogens (tertiary/aromatic N) is 2. The van der Waals surface area contributed by atoms with E-state index in [0.29, 0.717) is 31.9 Å². The Hall–Kier alpha value is -2.11.